The third-order valence-corrected chi connectivity index (χ3v) is 3.83. The molecule has 4 nitrogen and oxygen atoms in total. The van der Waals surface area contributed by atoms with Gasteiger partial charge in [-0.05, 0) is 13.8 Å². The van der Waals surface area contributed by atoms with E-state index < -0.39 is 0 Å². The smallest absolute Gasteiger partial charge is 0.169 e. The number of hydrogen-bond acceptors (Lipinski definition) is 5. The zero-order valence-corrected chi connectivity index (χ0v) is 13.5. The lowest BCUT2D eigenvalue weighted by Crippen LogP contribution is -2.31. The van der Waals surface area contributed by atoms with Crippen molar-refractivity contribution in [1.29, 1.82) is 0 Å². The quantitative estimate of drug-likeness (QED) is 0.746. The van der Waals surface area contributed by atoms with Crippen molar-refractivity contribution in [3.8, 4) is 0 Å². The second kappa shape index (κ2) is 7.94. The lowest BCUT2D eigenvalue weighted by atomic mass is 9.98. The summed E-state index contributed by atoms with van der Waals surface area (Å²) >= 11 is 1.72. The maximum atomic E-state index is 5.48. The van der Waals surface area contributed by atoms with Crippen LogP contribution in [-0.2, 0) is 21.4 Å². The molecule has 0 aliphatic heterocycles. The molecule has 0 bridgehead atoms. The van der Waals surface area contributed by atoms with Gasteiger partial charge in [0.05, 0.1) is 10.7 Å². The highest BCUT2D eigenvalue weighted by Gasteiger charge is 2.17. The van der Waals surface area contributed by atoms with Gasteiger partial charge in [-0.15, -0.1) is 11.3 Å². The van der Waals surface area contributed by atoms with Crippen LogP contribution < -0.4 is 5.32 Å². The summed E-state index contributed by atoms with van der Waals surface area (Å²) in [7, 11) is 0. The van der Waals surface area contributed by atoms with Crippen LogP contribution in [0.1, 0.15) is 45.3 Å². The van der Waals surface area contributed by atoms with Gasteiger partial charge >= 0.3 is 0 Å². The molecular weight excluding hydrogens is 260 g/mol. The van der Waals surface area contributed by atoms with E-state index in [1.807, 2.05) is 13.8 Å². The highest BCUT2D eigenvalue weighted by Crippen LogP contribution is 2.25. The molecular formula is C14H26N2O2S. The monoisotopic (exact) mass is 286 g/mol. The van der Waals surface area contributed by atoms with Crippen molar-refractivity contribution in [2.75, 3.05) is 19.8 Å². The molecule has 0 aliphatic rings. The summed E-state index contributed by atoms with van der Waals surface area (Å²) in [5.74, 6) is 0. The summed E-state index contributed by atoms with van der Waals surface area (Å²) in [6.45, 7) is 13.3. The predicted octanol–water partition coefficient (Wildman–Crippen LogP) is 2.93. The van der Waals surface area contributed by atoms with Gasteiger partial charge in [0.2, 0.25) is 0 Å². The van der Waals surface area contributed by atoms with Crippen LogP contribution in [0.3, 0.4) is 0 Å². The minimum absolute atomic E-state index is 0.127. The molecule has 0 radical (unpaired) electrons. The molecule has 0 unspecified atom stereocenters. The van der Waals surface area contributed by atoms with Gasteiger partial charge < -0.3 is 14.8 Å². The third kappa shape index (κ3) is 5.99. The molecule has 0 aliphatic carbocycles. The standard InChI is InChI=1S/C14H26N2O2S/c1-6-17-12(18-7-2)9-15-8-11-10-19-13(16-11)14(3,4)5/h10,12,15H,6-9H2,1-5H3. The van der Waals surface area contributed by atoms with Crippen LogP contribution in [0.2, 0.25) is 0 Å². The van der Waals surface area contributed by atoms with Crippen molar-refractivity contribution in [2.24, 2.45) is 0 Å². The van der Waals surface area contributed by atoms with E-state index in [0.29, 0.717) is 19.8 Å². The fraction of sp³-hybridized carbons (Fsp3) is 0.786. The SMILES string of the molecule is CCOC(CNCc1csc(C(C)(C)C)n1)OCC. The van der Waals surface area contributed by atoms with Crippen molar-refractivity contribution in [3.63, 3.8) is 0 Å². The van der Waals surface area contributed by atoms with Crippen LogP contribution >= 0.6 is 11.3 Å². The molecule has 19 heavy (non-hydrogen) atoms. The average molecular weight is 286 g/mol. The molecule has 0 saturated carbocycles. The summed E-state index contributed by atoms with van der Waals surface area (Å²) in [6, 6.07) is 0. The largest absolute Gasteiger partial charge is 0.352 e. The van der Waals surface area contributed by atoms with Crippen LogP contribution in [0.4, 0.5) is 0 Å². The second-order valence-corrected chi connectivity index (χ2v) is 6.22. The summed E-state index contributed by atoms with van der Waals surface area (Å²) in [5, 5.41) is 6.62. The third-order valence-electron chi connectivity index (χ3n) is 2.52. The fourth-order valence-corrected chi connectivity index (χ4v) is 2.50. The van der Waals surface area contributed by atoms with E-state index in [9.17, 15) is 0 Å². The summed E-state index contributed by atoms with van der Waals surface area (Å²) in [6.07, 6.45) is -0.171. The van der Waals surface area contributed by atoms with Crippen LogP contribution in [0.5, 0.6) is 0 Å². The Hall–Kier alpha value is -0.490. The highest BCUT2D eigenvalue weighted by atomic mass is 32.1. The number of thiazole rings is 1. The molecule has 0 spiro atoms. The van der Waals surface area contributed by atoms with E-state index in [-0.39, 0.29) is 11.7 Å². The van der Waals surface area contributed by atoms with Crippen molar-refractivity contribution in [1.82, 2.24) is 10.3 Å². The number of hydrogen-bond donors (Lipinski definition) is 1. The molecule has 0 aromatic carbocycles. The number of nitrogens with zero attached hydrogens (tertiary/aromatic N) is 1. The van der Waals surface area contributed by atoms with Gasteiger partial charge in [-0.1, -0.05) is 20.8 Å². The fourth-order valence-electron chi connectivity index (χ4n) is 1.59. The Morgan fingerprint density at radius 3 is 2.37 bits per heavy atom. The van der Waals surface area contributed by atoms with Gasteiger partial charge in [-0.25, -0.2) is 4.98 Å². The van der Waals surface area contributed by atoms with Gasteiger partial charge in [0.1, 0.15) is 0 Å². The Bertz CT molecular complexity index is 355. The molecule has 0 atom stereocenters. The second-order valence-electron chi connectivity index (χ2n) is 5.37. The number of aromatic nitrogens is 1. The lowest BCUT2D eigenvalue weighted by molar-refractivity contribution is -0.133. The highest BCUT2D eigenvalue weighted by molar-refractivity contribution is 7.09. The van der Waals surface area contributed by atoms with E-state index in [1.54, 1.807) is 11.3 Å². The molecule has 5 heteroatoms. The van der Waals surface area contributed by atoms with E-state index in [2.05, 4.69) is 36.5 Å². The van der Waals surface area contributed by atoms with Crippen LogP contribution in [0.25, 0.3) is 0 Å². The van der Waals surface area contributed by atoms with E-state index in [0.717, 1.165) is 12.2 Å². The zero-order valence-electron chi connectivity index (χ0n) is 12.7. The first-order valence-corrected chi connectivity index (χ1v) is 7.74. The van der Waals surface area contributed by atoms with Gasteiger partial charge in [0.25, 0.3) is 0 Å². The van der Waals surface area contributed by atoms with E-state index >= 15 is 0 Å². The molecule has 1 heterocycles. The molecule has 1 aromatic heterocycles. The predicted molar refractivity (Wildman–Crippen MR) is 79.6 cm³/mol. The Morgan fingerprint density at radius 1 is 1.26 bits per heavy atom. The van der Waals surface area contributed by atoms with Crippen LogP contribution in [0, 0.1) is 0 Å². The average Bonchev–Trinajstić information content (AvgIpc) is 2.78. The Morgan fingerprint density at radius 2 is 1.89 bits per heavy atom. The van der Waals surface area contributed by atoms with Crippen LogP contribution in [-0.4, -0.2) is 31.0 Å². The normalized spacial score (nSPS) is 12.3. The van der Waals surface area contributed by atoms with Crippen molar-refractivity contribution >= 4 is 11.3 Å². The number of rotatable bonds is 8. The summed E-state index contributed by atoms with van der Waals surface area (Å²) in [4.78, 5) is 4.64. The lowest BCUT2D eigenvalue weighted by Gasteiger charge is -2.17. The molecule has 0 saturated heterocycles. The van der Waals surface area contributed by atoms with Crippen molar-refractivity contribution < 1.29 is 9.47 Å². The minimum Gasteiger partial charge on any atom is -0.352 e. The van der Waals surface area contributed by atoms with Crippen molar-refractivity contribution in [3.05, 3.63) is 16.1 Å². The van der Waals surface area contributed by atoms with E-state index in [1.165, 1.54) is 5.01 Å². The summed E-state index contributed by atoms with van der Waals surface area (Å²) in [5.41, 5.74) is 1.21. The Balaban J connectivity index is 2.38. The Kier molecular flexibility index (Phi) is 6.93. The first kappa shape index (κ1) is 16.6. The maximum Gasteiger partial charge on any atom is 0.169 e. The van der Waals surface area contributed by atoms with Gasteiger partial charge in [0.15, 0.2) is 6.29 Å². The van der Waals surface area contributed by atoms with Gasteiger partial charge in [-0.2, -0.15) is 0 Å². The molecule has 0 amide bonds. The van der Waals surface area contributed by atoms with Gasteiger partial charge in [0, 0.05) is 37.1 Å². The van der Waals surface area contributed by atoms with E-state index in [4.69, 9.17) is 9.47 Å². The molecule has 1 rings (SSSR count). The molecule has 0 fully saturated rings. The number of ether oxygens (including phenoxy) is 2. The first-order valence-electron chi connectivity index (χ1n) is 6.86. The first-order chi connectivity index (χ1) is 8.97. The topological polar surface area (TPSA) is 43.4 Å². The van der Waals surface area contributed by atoms with Crippen LogP contribution in [0.15, 0.2) is 5.38 Å². The molecule has 110 valence electrons. The molecule has 1 aromatic rings. The van der Waals surface area contributed by atoms with Crippen molar-refractivity contribution in [2.45, 2.75) is 52.9 Å². The van der Waals surface area contributed by atoms with Gasteiger partial charge in [-0.3, -0.25) is 0 Å². The number of nitrogens with one attached hydrogen (secondary N) is 1. The molecule has 1 N–H and O–H groups in total. The maximum absolute atomic E-state index is 5.48. The minimum atomic E-state index is -0.171. The zero-order chi connectivity index (χ0) is 14.3. The Labute approximate surface area is 120 Å². The summed E-state index contributed by atoms with van der Waals surface area (Å²) < 4.78 is 11.0.